The van der Waals surface area contributed by atoms with E-state index in [0.717, 1.165) is 19.4 Å². The quantitative estimate of drug-likeness (QED) is 0.276. The van der Waals surface area contributed by atoms with Gasteiger partial charge in [-0.05, 0) is 60.1 Å². The predicted molar refractivity (Wildman–Crippen MR) is 130 cm³/mol. The molecule has 3 aromatic rings. The van der Waals surface area contributed by atoms with Gasteiger partial charge in [-0.25, -0.2) is 0 Å². The Bertz CT molecular complexity index is 966. The van der Waals surface area contributed by atoms with Crippen LogP contribution in [0.25, 0.3) is 0 Å². The maximum absolute atomic E-state index is 6.08. The van der Waals surface area contributed by atoms with E-state index in [4.69, 9.17) is 9.73 Å². The highest BCUT2D eigenvalue weighted by atomic mass is 16.5. The summed E-state index contributed by atoms with van der Waals surface area (Å²) in [5.41, 5.74) is 5.28. The summed E-state index contributed by atoms with van der Waals surface area (Å²) in [4.78, 5) is 4.83. The van der Waals surface area contributed by atoms with E-state index in [1.54, 1.807) is 0 Å². The molecule has 0 spiro atoms. The fraction of sp³-hybridized carbons (Fsp3) is 0.345. The Balaban J connectivity index is 1.43. The summed E-state index contributed by atoms with van der Waals surface area (Å²) in [6, 6.07) is 30.4. The molecule has 0 radical (unpaired) electrons. The van der Waals surface area contributed by atoms with Gasteiger partial charge >= 0.3 is 0 Å². The molecule has 0 amide bonds. The maximum Gasteiger partial charge on any atom is 0.0720 e. The molecule has 2 nitrogen and oxygen atoms in total. The zero-order valence-corrected chi connectivity index (χ0v) is 18.5. The molecule has 1 aliphatic rings. The van der Waals surface area contributed by atoms with Crippen molar-refractivity contribution in [2.45, 2.75) is 50.5 Å². The van der Waals surface area contributed by atoms with Gasteiger partial charge in [0, 0.05) is 12.0 Å². The molecule has 2 unspecified atom stereocenters. The molecule has 1 heterocycles. The van der Waals surface area contributed by atoms with Gasteiger partial charge in [0.2, 0.25) is 0 Å². The summed E-state index contributed by atoms with van der Waals surface area (Å²) in [5.74, 6) is 0.630. The van der Waals surface area contributed by atoms with Crippen molar-refractivity contribution in [1.29, 1.82) is 0 Å². The molecule has 0 saturated heterocycles. The Morgan fingerprint density at radius 3 is 2.42 bits per heavy atom. The average Bonchev–Trinajstić information content (AvgIpc) is 2.85. The number of fused-ring (bicyclic) bond motifs is 1. The normalized spacial score (nSPS) is 19.3. The Labute approximate surface area is 187 Å². The summed E-state index contributed by atoms with van der Waals surface area (Å²) < 4.78 is 6.08. The number of ether oxygens (including phenoxy) is 1. The number of nitrogens with zero attached hydrogens (tertiary/aromatic N) is 1. The minimum absolute atomic E-state index is 0.157. The van der Waals surface area contributed by atoms with Gasteiger partial charge in [0.05, 0.1) is 13.2 Å². The monoisotopic (exact) mass is 411 g/mol. The third kappa shape index (κ3) is 4.97. The van der Waals surface area contributed by atoms with Crippen LogP contribution in [0.5, 0.6) is 0 Å². The third-order valence-corrected chi connectivity index (χ3v) is 6.64. The number of hydrogen-bond acceptors (Lipinski definition) is 2. The largest absolute Gasteiger partial charge is 0.375 e. The Morgan fingerprint density at radius 2 is 1.65 bits per heavy atom. The zero-order valence-electron chi connectivity index (χ0n) is 18.5. The molecule has 31 heavy (non-hydrogen) atoms. The van der Waals surface area contributed by atoms with E-state index in [2.05, 4.69) is 98.1 Å². The standard InChI is InChI=1S/C29H33NO/c1-2-24(25-12-5-3-6-13-25)15-11-20-30-21-19-29(27-16-7-4-8-17-27)23-31-22-26-14-9-10-18-28(26)29/h3-10,12-14,16-18,21,24H,2,11,15,19-20,22-23H2,1H3. The second-order valence-electron chi connectivity index (χ2n) is 8.55. The number of aliphatic imine (C=N–C) groups is 1. The lowest BCUT2D eigenvalue weighted by atomic mass is 9.70. The molecule has 0 aromatic heterocycles. The SMILES string of the molecule is CCC(CCCN=CCC1(c2ccccc2)COCc2ccccc21)c1ccccc1. The van der Waals surface area contributed by atoms with E-state index >= 15 is 0 Å². The first-order valence-electron chi connectivity index (χ1n) is 11.6. The van der Waals surface area contributed by atoms with Crippen molar-refractivity contribution in [2.24, 2.45) is 4.99 Å². The van der Waals surface area contributed by atoms with Crippen LogP contribution in [0.3, 0.4) is 0 Å². The lowest BCUT2D eigenvalue weighted by molar-refractivity contribution is 0.0678. The van der Waals surface area contributed by atoms with Gasteiger partial charge in [0.15, 0.2) is 0 Å². The number of hydrogen-bond donors (Lipinski definition) is 0. The van der Waals surface area contributed by atoms with E-state index in [9.17, 15) is 0 Å². The van der Waals surface area contributed by atoms with E-state index in [0.29, 0.717) is 19.1 Å². The zero-order chi connectivity index (χ0) is 21.4. The Hall–Kier alpha value is -2.71. The van der Waals surface area contributed by atoms with Crippen molar-refractivity contribution in [3.8, 4) is 0 Å². The minimum atomic E-state index is -0.157. The van der Waals surface area contributed by atoms with Gasteiger partial charge in [-0.3, -0.25) is 4.99 Å². The molecule has 0 fully saturated rings. The molecular formula is C29H33NO. The lowest BCUT2D eigenvalue weighted by Gasteiger charge is -2.38. The molecule has 160 valence electrons. The summed E-state index contributed by atoms with van der Waals surface area (Å²) in [7, 11) is 0. The summed E-state index contributed by atoms with van der Waals surface area (Å²) in [6.07, 6.45) is 6.49. The van der Waals surface area contributed by atoms with Crippen LogP contribution in [0.15, 0.2) is 89.9 Å². The van der Waals surface area contributed by atoms with Crippen molar-refractivity contribution in [3.05, 3.63) is 107 Å². The third-order valence-electron chi connectivity index (χ3n) is 6.64. The van der Waals surface area contributed by atoms with Crippen LogP contribution in [0.4, 0.5) is 0 Å². The van der Waals surface area contributed by atoms with Gasteiger partial charge in [-0.15, -0.1) is 0 Å². The molecule has 0 bridgehead atoms. The molecule has 3 aromatic carbocycles. The van der Waals surface area contributed by atoms with Crippen LogP contribution in [-0.2, 0) is 16.8 Å². The van der Waals surface area contributed by atoms with Crippen molar-refractivity contribution in [1.82, 2.24) is 0 Å². The second kappa shape index (κ2) is 10.5. The number of benzene rings is 3. The smallest absolute Gasteiger partial charge is 0.0720 e. The lowest BCUT2D eigenvalue weighted by Crippen LogP contribution is -2.38. The topological polar surface area (TPSA) is 21.6 Å². The van der Waals surface area contributed by atoms with Gasteiger partial charge < -0.3 is 4.74 Å². The van der Waals surface area contributed by atoms with Crippen molar-refractivity contribution in [3.63, 3.8) is 0 Å². The van der Waals surface area contributed by atoms with Crippen LogP contribution in [0.1, 0.15) is 60.8 Å². The highest BCUT2D eigenvalue weighted by molar-refractivity contribution is 5.63. The highest BCUT2D eigenvalue weighted by Crippen LogP contribution is 2.40. The molecular weight excluding hydrogens is 378 g/mol. The molecule has 4 rings (SSSR count). The first kappa shape index (κ1) is 21.5. The van der Waals surface area contributed by atoms with Crippen molar-refractivity contribution < 1.29 is 4.74 Å². The van der Waals surface area contributed by atoms with Gasteiger partial charge in [-0.1, -0.05) is 91.9 Å². The van der Waals surface area contributed by atoms with Gasteiger partial charge in [0.1, 0.15) is 0 Å². The fourth-order valence-electron chi connectivity index (χ4n) is 4.88. The van der Waals surface area contributed by atoms with Crippen LogP contribution < -0.4 is 0 Å². The van der Waals surface area contributed by atoms with Gasteiger partial charge in [-0.2, -0.15) is 0 Å². The second-order valence-corrected chi connectivity index (χ2v) is 8.55. The highest BCUT2D eigenvalue weighted by Gasteiger charge is 2.38. The molecule has 1 aliphatic heterocycles. The summed E-state index contributed by atoms with van der Waals surface area (Å²) in [6.45, 7) is 4.56. The molecule has 0 saturated carbocycles. The van der Waals surface area contributed by atoms with E-state index < -0.39 is 0 Å². The predicted octanol–water partition coefficient (Wildman–Crippen LogP) is 6.94. The van der Waals surface area contributed by atoms with Crippen LogP contribution in [0.2, 0.25) is 0 Å². The molecule has 0 N–H and O–H groups in total. The average molecular weight is 412 g/mol. The van der Waals surface area contributed by atoms with Crippen molar-refractivity contribution >= 4 is 6.21 Å². The minimum Gasteiger partial charge on any atom is -0.375 e. The fourth-order valence-corrected chi connectivity index (χ4v) is 4.88. The maximum atomic E-state index is 6.08. The number of rotatable bonds is 9. The van der Waals surface area contributed by atoms with E-state index in [1.165, 1.54) is 35.1 Å². The van der Waals surface area contributed by atoms with E-state index in [1.807, 2.05) is 0 Å². The Kier molecular flexibility index (Phi) is 7.32. The van der Waals surface area contributed by atoms with Crippen LogP contribution >= 0.6 is 0 Å². The first-order chi connectivity index (χ1) is 15.3. The van der Waals surface area contributed by atoms with Crippen LogP contribution in [-0.4, -0.2) is 19.4 Å². The first-order valence-corrected chi connectivity index (χ1v) is 11.6. The van der Waals surface area contributed by atoms with Gasteiger partial charge in [0.25, 0.3) is 0 Å². The molecule has 2 heteroatoms. The van der Waals surface area contributed by atoms with E-state index in [-0.39, 0.29) is 5.41 Å². The molecule has 2 atom stereocenters. The van der Waals surface area contributed by atoms with Crippen molar-refractivity contribution in [2.75, 3.05) is 13.2 Å². The summed E-state index contributed by atoms with van der Waals surface area (Å²) in [5, 5.41) is 0. The Morgan fingerprint density at radius 1 is 0.935 bits per heavy atom. The molecule has 0 aliphatic carbocycles. The van der Waals surface area contributed by atoms with Crippen LogP contribution in [0, 0.1) is 0 Å². The summed E-state index contributed by atoms with van der Waals surface area (Å²) >= 11 is 0.